The maximum absolute atomic E-state index is 12.5. The number of hydrogen-bond acceptors (Lipinski definition) is 4. The zero-order valence-electron chi connectivity index (χ0n) is 19.1. The van der Waals surface area contributed by atoms with E-state index in [1.54, 1.807) is 24.3 Å². The van der Waals surface area contributed by atoms with E-state index in [1.165, 1.54) is 11.1 Å². The van der Waals surface area contributed by atoms with Crippen LogP contribution in [0.25, 0.3) is 0 Å². The lowest BCUT2D eigenvalue weighted by atomic mass is 9.99. The van der Waals surface area contributed by atoms with Crippen molar-refractivity contribution in [2.75, 3.05) is 0 Å². The minimum atomic E-state index is -0.395. The molecule has 162 valence electrons. The third-order valence-corrected chi connectivity index (χ3v) is 5.69. The lowest BCUT2D eigenvalue weighted by molar-refractivity contribution is -0.0174. The summed E-state index contributed by atoms with van der Waals surface area (Å²) in [4.78, 5) is 24.9. The lowest BCUT2D eigenvalue weighted by Crippen LogP contribution is -2.32. The molecule has 2 aromatic carbocycles. The number of esters is 2. The molecule has 0 fully saturated rings. The van der Waals surface area contributed by atoms with E-state index in [2.05, 4.69) is 27.7 Å². The molecule has 2 aromatic rings. The normalized spacial score (nSPS) is 14.3. The Balaban J connectivity index is 1.93. The fourth-order valence-corrected chi connectivity index (χ4v) is 3.08. The monoisotopic (exact) mass is 410 g/mol. The predicted octanol–water partition coefficient (Wildman–Crippen LogP) is 6.36. The highest BCUT2D eigenvalue weighted by molar-refractivity contribution is 5.90. The topological polar surface area (TPSA) is 52.6 Å². The zero-order chi connectivity index (χ0) is 22.4. The highest BCUT2D eigenvalue weighted by atomic mass is 16.6. The molecular weight excluding hydrogens is 376 g/mol. The van der Waals surface area contributed by atoms with Gasteiger partial charge in [-0.15, -0.1) is 0 Å². The van der Waals surface area contributed by atoms with Crippen LogP contribution in [0, 0.1) is 5.92 Å². The Morgan fingerprint density at radius 2 is 0.867 bits per heavy atom. The first-order chi connectivity index (χ1) is 14.1. The van der Waals surface area contributed by atoms with Crippen LogP contribution in [-0.4, -0.2) is 24.1 Å². The molecule has 0 bridgehead atoms. The molecule has 0 aliphatic carbocycles. The van der Waals surface area contributed by atoms with Gasteiger partial charge in [0, 0.05) is 5.92 Å². The standard InChI is InChI=1S/C26H34O4/c1-16(2)21-8-12-23(13-9-21)25(27)29-19(6)18(5)20(7)30-26(28)24-14-10-22(11-15-24)17(3)4/h8-20H,1-7H3. The smallest absolute Gasteiger partial charge is 0.338 e. The van der Waals surface area contributed by atoms with Gasteiger partial charge in [0.2, 0.25) is 0 Å². The van der Waals surface area contributed by atoms with Gasteiger partial charge in [0.1, 0.15) is 12.2 Å². The molecule has 0 N–H and O–H groups in total. The molecule has 0 saturated carbocycles. The van der Waals surface area contributed by atoms with Crippen LogP contribution in [0.3, 0.4) is 0 Å². The minimum Gasteiger partial charge on any atom is -0.459 e. The fraction of sp³-hybridized carbons (Fsp3) is 0.462. The zero-order valence-corrected chi connectivity index (χ0v) is 19.1. The molecule has 0 saturated heterocycles. The summed E-state index contributed by atoms with van der Waals surface area (Å²) in [5.41, 5.74) is 3.39. The second-order valence-electron chi connectivity index (χ2n) is 8.63. The summed E-state index contributed by atoms with van der Waals surface area (Å²) in [6, 6.07) is 15.0. The Bertz CT molecular complexity index is 763. The van der Waals surface area contributed by atoms with Gasteiger partial charge in [-0.1, -0.05) is 58.9 Å². The van der Waals surface area contributed by atoms with Crippen LogP contribution in [0.5, 0.6) is 0 Å². The van der Waals surface area contributed by atoms with Crippen molar-refractivity contribution in [2.45, 2.75) is 72.5 Å². The SMILES string of the molecule is CC(C)c1ccc(C(=O)OC(C)C(C)C(C)OC(=O)c2ccc(C(C)C)cc2)cc1. The van der Waals surface area contributed by atoms with E-state index < -0.39 is 12.2 Å². The maximum atomic E-state index is 12.5. The molecule has 30 heavy (non-hydrogen) atoms. The second kappa shape index (κ2) is 10.4. The molecule has 4 nitrogen and oxygen atoms in total. The van der Waals surface area contributed by atoms with Crippen LogP contribution >= 0.6 is 0 Å². The van der Waals surface area contributed by atoms with E-state index in [-0.39, 0.29) is 17.9 Å². The van der Waals surface area contributed by atoms with Crippen LogP contribution in [0.1, 0.15) is 92.1 Å². The van der Waals surface area contributed by atoms with Gasteiger partial charge in [-0.3, -0.25) is 0 Å². The Morgan fingerprint density at radius 3 is 1.13 bits per heavy atom. The van der Waals surface area contributed by atoms with Crippen molar-refractivity contribution in [1.82, 2.24) is 0 Å². The van der Waals surface area contributed by atoms with Crippen molar-refractivity contribution in [3.8, 4) is 0 Å². The lowest BCUT2D eigenvalue weighted by Gasteiger charge is -2.26. The van der Waals surface area contributed by atoms with E-state index in [0.717, 1.165) is 0 Å². The molecule has 2 unspecified atom stereocenters. The van der Waals surface area contributed by atoms with Crippen molar-refractivity contribution in [3.63, 3.8) is 0 Å². The number of carbonyl (C=O) groups excluding carboxylic acids is 2. The van der Waals surface area contributed by atoms with Crippen LogP contribution < -0.4 is 0 Å². The first-order valence-electron chi connectivity index (χ1n) is 10.7. The summed E-state index contributed by atoms with van der Waals surface area (Å²) in [6.45, 7) is 14.0. The Morgan fingerprint density at radius 1 is 0.567 bits per heavy atom. The molecule has 2 atom stereocenters. The summed E-state index contributed by atoms with van der Waals surface area (Å²) in [5.74, 6) is -0.0695. The Labute approximate surface area is 180 Å². The van der Waals surface area contributed by atoms with Gasteiger partial charge in [0.05, 0.1) is 11.1 Å². The summed E-state index contributed by atoms with van der Waals surface area (Å²) in [5, 5.41) is 0. The van der Waals surface area contributed by atoms with Crippen molar-refractivity contribution < 1.29 is 19.1 Å². The van der Waals surface area contributed by atoms with Crippen molar-refractivity contribution in [3.05, 3.63) is 70.8 Å². The minimum absolute atomic E-state index is 0.150. The third kappa shape index (κ3) is 6.19. The molecule has 0 aliphatic heterocycles. The highest BCUT2D eigenvalue weighted by Crippen LogP contribution is 2.20. The Kier molecular flexibility index (Phi) is 8.22. The molecule has 2 rings (SSSR count). The molecule has 0 spiro atoms. The summed E-state index contributed by atoms with van der Waals surface area (Å²) in [7, 11) is 0. The molecule has 0 heterocycles. The van der Waals surface area contributed by atoms with Crippen LogP contribution in [0.4, 0.5) is 0 Å². The average molecular weight is 411 g/mol. The molecule has 0 amide bonds. The van der Waals surface area contributed by atoms with Crippen molar-refractivity contribution in [2.24, 2.45) is 5.92 Å². The van der Waals surface area contributed by atoms with Gasteiger partial charge in [-0.05, 0) is 61.1 Å². The van der Waals surface area contributed by atoms with Gasteiger partial charge in [0.15, 0.2) is 0 Å². The van der Waals surface area contributed by atoms with Crippen molar-refractivity contribution in [1.29, 1.82) is 0 Å². The van der Waals surface area contributed by atoms with E-state index in [1.807, 2.05) is 45.0 Å². The predicted molar refractivity (Wildman–Crippen MR) is 120 cm³/mol. The first kappa shape index (κ1) is 23.7. The largest absolute Gasteiger partial charge is 0.459 e. The van der Waals surface area contributed by atoms with Gasteiger partial charge < -0.3 is 9.47 Å². The molecule has 0 radical (unpaired) electrons. The van der Waals surface area contributed by atoms with Crippen LogP contribution in [0.2, 0.25) is 0 Å². The molecule has 4 heteroatoms. The second-order valence-corrected chi connectivity index (χ2v) is 8.63. The molecular formula is C26H34O4. The first-order valence-corrected chi connectivity index (χ1v) is 10.7. The van der Waals surface area contributed by atoms with Crippen LogP contribution in [0.15, 0.2) is 48.5 Å². The molecule has 0 aliphatic rings. The quantitative estimate of drug-likeness (QED) is 0.475. The number of rotatable bonds is 8. The van der Waals surface area contributed by atoms with E-state index in [0.29, 0.717) is 23.0 Å². The number of ether oxygens (including phenoxy) is 2. The summed E-state index contributed by atoms with van der Waals surface area (Å²) >= 11 is 0. The summed E-state index contributed by atoms with van der Waals surface area (Å²) < 4.78 is 11.2. The van der Waals surface area contributed by atoms with E-state index in [9.17, 15) is 9.59 Å². The van der Waals surface area contributed by atoms with E-state index in [4.69, 9.17) is 9.47 Å². The van der Waals surface area contributed by atoms with Gasteiger partial charge in [0.25, 0.3) is 0 Å². The summed E-state index contributed by atoms with van der Waals surface area (Å²) in [6.07, 6.45) is -0.790. The number of benzene rings is 2. The fourth-order valence-electron chi connectivity index (χ4n) is 3.08. The van der Waals surface area contributed by atoms with E-state index >= 15 is 0 Å². The molecule has 0 aromatic heterocycles. The van der Waals surface area contributed by atoms with Gasteiger partial charge in [-0.25, -0.2) is 9.59 Å². The average Bonchev–Trinajstić information content (AvgIpc) is 2.72. The Hall–Kier alpha value is -2.62. The number of hydrogen-bond donors (Lipinski definition) is 0. The van der Waals surface area contributed by atoms with Gasteiger partial charge >= 0.3 is 11.9 Å². The van der Waals surface area contributed by atoms with Crippen LogP contribution in [-0.2, 0) is 9.47 Å². The van der Waals surface area contributed by atoms with Crippen molar-refractivity contribution >= 4 is 11.9 Å². The number of carbonyl (C=O) groups is 2. The van der Waals surface area contributed by atoms with Gasteiger partial charge in [-0.2, -0.15) is 0 Å². The highest BCUT2D eigenvalue weighted by Gasteiger charge is 2.26. The third-order valence-electron chi connectivity index (χ3n) is 5.69. The maximum Gasteiger partial charge on any atom is 0.338 e.